The fourth-order valence-corrected chi connectivity index (χ4v) is 0.923. The first kappa shape index (κ1) is 9.90. The van der Waals surface area contributed by atoms with E-state index < -0.39 is 13.3 Å². The average molecular weight is 185 g/mol. The van der Waals surface area contributed by atoms with E-state index in [1.165, 1.54) is 6.08 Å². The van der Waals surface area contributed by atoms with Gasteiger partial charge in [-0.3, -0.25) is 0 Å². The van der Waals surface area contributed by atoms with E-state index >= 15 is 0 Å². The van der Waals surface area contributed by atoms with Crippen LogP contribution in [0.2, 0.25) is 6.32 Å². The maximum Gasteiger partial charge on any atom is 0.482 e. The topological polar surface area (TPSA) is 0 Å². The maximum absolute atomic E-state index is 11.8. The third kappa shape index (κ3) is 4.40. The van der Waals surface area contributed by atoms with Crippen LogP contribution < -0.4 is 0 Å². The van der Waals surface area contributed by atoms with Crippen molar-refractivity contribution in [2.24, 2.45) is 0 Å². The number of allylic oxidation sites excluding steroid dienone is 1. The van der Waals surface area contributed by atoms with Gasteiger partial charge in [0, 0.05) is 0 Å². The van der Waals surface area contributed by atoms with Crippen LogP contribution in [0.4, 0.5) is 12.9 Å². The molecule has 0 radical (unpaired) electrons. The molecule has 1 rings (SSSR count). The summed E-state index contributed by atoms with van der Waals surface area (Å²) in [7, 11) is 0. The Balaban J connectivity index is 2.51. The Labute approximate surface area is 75.1 Å². The highest BCUT2D eigenvalue weighted by Crippen LogP contribution is 2.15. The van der Waals surface area contributed by atoms with Crippen molar-refractivity contribution in [3.8, 4) is 0 Å². The second kappa shape index (κ2) is 4.17. The molecule has 0 aromatic heterocycles. The lowest BCUT2D eigenvalue weighted by molar-refractivity contribution is 0.478. The molecule has 0 fully saturated rings. The molecule has 1 aromatic rings. The number of benzene rings is 1. The fraction of sp³-hybridized carbons (Fsp3) is 0.111. The highest BCUT2D eigenvalue weighted by atomic mass is 19.4. The van der Waals surface area contributed by atoms with Gasteiger partial charge in [-0.25, -0.2) is 0 Å². The summed E-state index contributed by atoms with van der Waals surface area (Å²) in [6.07, 6.45) is 1.82. The van der Waals surface area contributed by atoms with Gasteiger partial charge in [0.15, 0.2) is 0 Å². The summed E-state index contributed by atoms with van der Waals surface area (Å²) in [6.45, 7) is -4.69. The Morgan fingerprint density at radius 2 is 1.69 bits per heavy atom. The predicted molar refractivity (Wildman–Crippen MR) is 49.4 cm³/mol. The van der Waals surface area contributed by atoms with E-state index in [0.717, 1.165) is 11.6 Å². The zero-order valence-electron chi connectivity index (χ0n) is 6.96. The fourth-order valence-electron chi connectivity index (χ4n) is 0.923. The first-order valence-electron chi connectivity index (χ1n) is 4.00. The molecular weight excluding hydrogens is 176 g/mol. The second-order valence-electron chi connectivity index (χ2n) is 2.76. The summed E-state index contributed by atoms with van der Waals surface area (Å²) in [5.41, 5.74) is 0.794. The average Bonchev–Trinajstić information content (AvgIpc) is 2.04. The van der Waals surface area contributed by atoms with Crippen LogP contribution in [0.3, 0.4) is 0 Å². The largest absolute Gasteiger partial charge is 0.482 e. The molecule has 0 heterocycles. The van der Waals surface area contributed by atoms with Gasteiger partial charge < -0.3 is 12.9 Å². The molecule has 0 N–H and O–H groups in total. The molecule has 0 saturated heterocycles. The van der Waals surface area contributed by atoms with E-state index in [0.29, 0.717) is 0 Å². The predicted octanol–water partition coefficient (Wildman–Crippen LogP) is 3.55. The van der Waals surface area contributed by atoms with Gasteiger partial charge in [-0.15, -0.1) is 6.08 Å². The minimum absolute atomic E-state index is 0.794. The van der Waals surface area contributed by atoms with Crippen molar-refractivity contribution < 1.29 is 12.9 Å². The van der Waals surface area contributed by atoms with Crippen molar-refractivity contribution in [2.75, 3.05) is 0 Å². The molecule has 13 heavy (non-hydrogen) atoms. The molecule has 0 aliphatic rings. The molecule has 0 aliphatic carbocycles. The van der Waals surface area contributed by atoms with E-state index in [4.69, 9.17) is 0 Å². The molecule has 4 heteroatoms. The van der Waals surface area contributed by atoms with Gasteiger partial charge in [-0.2, -0.15) is 0 Å². The molecule has 70 valence electrons. The number of rotatable bonds is 3. The van der Waals surface area contributed by atoms with Crippen molar-refractivity contribution in [3.05, 3.63) is 42.0 Å². The van der Waals surface area contributed by atoms with Crippen molar-refractivity contribution in [2.45, 2.75) is 6.32 Å². The number of hydrogen-bond donors (Lipinski definition) is 0. The van der Waals surface area contributed by atoms with E-state index in [1.807, 2.05) is 6.07 Å². The van der Waals surface area contributed by atoms with Gasteiger partial charge in [0.1, 0.15) is 0 Å². The Bertz CT molecular complexity index is 277. The third-order valence-corrected chi connectivity index (χ3v) is 1.51. The minimum atomic E-state index is -4.69. The van der Waals surface area contributed by atoms with E-state index in [1.54, 1.807) is 24.3 Å². The van der Waals surface area contributed by atoms with Crippen LogP contribution in [0.5, 0.6) is 0 Å². The van der Waals surface area contributed by atoms with E-state index in [2.05, 4.69) is 0 Å². The molecule has 0 spiro atoms. The Morgan fingerprint density at radius 1 is 1.08 bits per heavy atom. The van der Waals surface area contributed by atoms with Crippen LogP contribution in [0, 0.1) is 0 Å². The SMILES string of the molecule is F[B-](F)(F)C/C=C/c1ccccc1. The highest BCUT2D eigenvalue weighted by Gasteiger charge is 2.19. The van der Waals surface area contributed by atoms with Crippen molar-refractivity contribution in [1.29, 1.82) is 0 Å². The van der Waals surface area contributed by atoms with Gasteiger partial charge in [-0.1, -0.05) is 42.7 Å². The number of halogens is 3. The summed E-state index contributed by atoms with van der Waals surface area (Å²) < 4.78 is 35.3. The molecule has 0 bridgehead atoms. The minimum Gasteiger partial charge on any atom is -0.449 e. The summed E-state index contributed by atoms with van der Waals surface area (Å²) in [5, 5.41) is 0. The van der Waals surface area contributed by atoms with Crippen LogP contribution in [-0.2, 0) is 0 Å². The molecule has 0 saturated carbocycles. The lowest BCUT2D eigenvalue weighted by Gasteiger charge is -2.08. The summed E-state index contributed by atoms with van der Waals surface area (Å²) in [6, 6.07) is 8.93. The second-order valence-corrected chi connectivity index (χ2v) is 2.76. The summed E-state index contributed by atoms with van der Waals surface area (Å²) in [5.74, 6) is 0. The zero-order valence-corrected chi connectivity index (χ0v) is 6.96. The van der Waals surface area contributed by atoms with Crippen LogP contribution in [0.1, 0.15) is 5.56 Å². The number of hydrogen-bond acceptors (Lipinski definition) is 0. The van der Waals surface area contributed by atoms with Crippen molar-refractivity contribution in [1.82, 2.24) is 0 Å². The van der Waals surface area contributed by atoms with Gasteiger partial charge in [0.2, 0.25) is 0 Å². The smallest absolute Gasteiger partial charge is 0.449 e. The van der Waals surface area contributed by atoms with Crippen LogP contribution in [0.15, 0.2) is 36.4 Å². The zero-order chi connectivity index (χ0) is 9.73. The Hall–Kier alpha value is -1.19. The third-order valence-electron chi connectivity index (χ3n) is 1.51. The molecule has 0 aliphatic heterocycles. The van der Waals surface area contributed by atoms with Gasteiger partial charge >= 0.3 is 6.98 Å². The molecule has 0 amide bonds. The molecule has 0 unspecified atom stereocenters. The Morgan fingerprint density at radius 3 is 2.23 bits per heavy atom. The van der Waals surface area contributed by atoms with Gasteiger partial charge in [-0.05, 0) is 5.56 Å². The van der Waals surface area contributed by atoms with E-state index in [-0.39, 0.29) is 0 Å². The first-order valence-corrected chi connectivity index (χ1v) is 4.00. The standard InChI is InChI=1S/C9H9BF3/c11-10(12,13)8-4-7-9-5-2-1-3-6-9/h1-7H,8H2/q-1/b7-4+. The van der Waals surface area contributed by atoms with Crippen molar-refractivity contribution >= 4 is 13.1 Å². The van der Waals surface area contributed by atoms with Crippen LogP contribution in [-0.4, -0.2) is 6.98 Å². The molecule has 0 nitrogen and oxygen atoms in total. The highest BCUT2D eigenvalue weighted by molar-refractivity contribution is 6.59. The molecule has 1 aromatic carbocycles. The maximum atomic E-state index is 11.8. The van der Waals surface area contributed by atoms with Crippen LogP contribution >= 0.6 is 0 Å². The van der Waals surface area contributed by atoms with Gasteiger partial charge in [0.05, 0.1) is 0 Å². The summed E-state index contributed by atoms with van der Waals surface area (Å²) >= 11 is 0. The lowest BCUT2D eigenvalue weighted by Crippen LogP contribution is -2.11. The quantitative estimate of drug-likeness (QED) is 0.631. The molecular formula is C9H9BF3-. The Kier molecular flexibility index (Phi) is 3.17. The first-order chi connectivity index (χ1) is 6.08. The van der Waals surface area contributed by atoms with Gasteiger partial charge in [0.25, 0.3) is 0 Å². The van der Waals surface area contributed by atoms with Crippen molar-refractivity contribution in [3.63, 3.8) is 0 Å². The summed E-state index contributed by atoms with van der Waals surface area (Å²) in [4.78, 5) is 0. The van der Waals surface area contributed by atoms with E-state index in [9.17, 15) is 12.9 Å². The molecule has 0 atom stereocenters. The van der Waals surface area contributed by atoms with Crippen LogP contribution in [0.25, 0.3) is 6.08 Å². The normalized spacial score (nSPS) is 12.2. The lowest BCUT2D eigenvalue weighted by atomic mass is 9.86. The monoisotopic (exact) mass is 185 g/mol.